The Morgan fingerprint density at radius 2 is 1.63 bits per heavy atom. The van der Waals surface area contributed by atoms with Crippen LogP contribution in [0.2, 0.25) is 0 Å². The Morgan fingerprint density at radius 1 is 0.933 bits per heavy atom. The van der Waals surface area contributed by atoms with Crippen molar-refractivity contribution in [1.82, 2.24) is 19.9 Å². The minimum atomic E-state index is 0.570. The van der Waals surface area contributed by atoms with Crippen LogP contribution in [0.5, 0.6) is 11.5 Å². The van der Waals surface area contributed by atoms with Crippen LogP contribution in [0, 0.1) is 0 Å². The fourth-order valence-corrected chi connectivity index (χ4v) is 2.88. The zero-order chi connectivity index (χ0) is 21.3. The van der Waals surface area contributed by atoms with Crippen molar-refractivity contribution in [1.29, 1.82) is 0 Å². The van der Waals surface area contributed by atoms with Crippen LogP contribution in [0.4, 0.5) is 17.5 Å². The van der Waals surface area contributed by atoms with E-state index in [0.717, 1.165) is 36.5 Å². The number of ether oxygens (including phenoxy) is 2. The number of benzene rings is 1. The van der Waals surface area contributed by atoms with Crippen LogP contribution >= 0.6 is 0 Å². The highest BCUT2D eigenvalue weighted by Gasteiger charge is 2.09. The summed E-state index contributed by atoms with van der Waals surface area (Å²) in [5.74, 6) is 2.63. The Labute approximate surface area is 177 Å². The Kier molecular flexibility index (Phi) is 7.40. The molecule has 0 atom stereocenters. The van der Waals surface area contributed by atoms with Crippen molar-refractivity contribution in [3.05, 3.63) is 48.8 Å². The van der Waals surface area contributed by atoms with E-state index in [1.807, 2.05) is 36.4 Å². The Hall–Kier alpha value is -3.39. The molecule has 3 aromatic rings. The summed E-state index contributed by atoms with van der Waals surface area (Å²) in [5.41, 5.74) is 2.58. The van der Waals surface area contributed by atoms with Gasteiger partial charge in [0.15, 0.2) is 0 Å². The standard InChI is InChI=1S/C22H28N6O2/c1-28(2)11-5-8-24-22-26-20(16-6-9-23-10-7-16)15-21(27-22)25-17-12-18(29-3)14-19(13-17)30-4/h6-7,9-10,12-15H,5,8,11H2,1-4H3,(H2,24,25,26,27). The van der Waals surface area contributed by atoms with Crippen LogP contribution in [0.3, 0.4) is 0 Å². The van der Waals surface area contributed by atoms with Gasteiger partial charge in [-0.15, -0.1) is 0 Å². The first-order valence-corrected chi connectivity index (χ1v) is 9.75. The highest BCUT2D eigenvalue weighted by molar-refractivity contribution is 5.68. The molecule has 2 N–H and O–H groups in total. The summed E-state index contributed by atoms with van der Waals surface area (Å²) in [7, 11) is 7.37. The molecule has 0 radical (unpaired) electrons. The SMILES string of the molecule is COc1cc(Nc2cc(-c3ccncc3)nc(NCCCN(C)C)n2)cc(OC)c1. The topological polar surface area (TPSA) is 84.4 Å². The van der Waals surface area contributed by atoms with Crippen LogP contribution in [0.1, 0.15) is 6.42 Å². The van der Waals surface area contributed by atoms with Gasteiger partial charge in [-0.05, 0) is 39.2 Å². The lowest BCUT2D eigenvalue weighted by molar-refractivity contribution is 0.395. The number of pyridine rings is 1. The third kappa shape index (κ3) is 6.05. The van der Waals surface area contributed by atoms with Crippen molar-refractivity contribution >= 4 is 17.5 Å². The second-order valence-electron chi connectivity index (χ2n) is 7.01. The predicted octanol–water partition coefficient (Wildman–Crippen LogP) is 3.66. The Morgan fingerprint density at radius 3 is 2.27 bits per heavy atom. The molecule has 0 fully saturated rings. The number of hydrogen-bond acceptors (Lipinski definition) is 8. The first kappa shape index (κ1) is 21.3. The van der Waals surface area contributed by atoms with Gasteiger partial charge in [0.25, 0.3) is 0 Å². The summed E-state index contributed by atoms with van der Waals surface area (Å²) in [6.07, 6.45) is 4.50. The van der Waals surface area contributed by atoms with Gasteiger partial charge < -0.3 is 25.0 Å². The average Bonchev–Trinajstić information content (AvgIpc) is 2.76. The van der Waals surface area contributed by atoms with Crippen molar-refractivity contribution < 1.29 is 9.47 Å². The van der Waals surface area contributed by atoms with Gasteiger partial charge in [0, 0.05) is 54.5 Å². The number of anilines is 3. The summed E-state index contributed by atoms with van der Waals surface area (Å²) >= 11 is 0. The number of nitrogens with one attached hydrogen (secondary N) is 2. The van der Waals surface area contributed by atoms with Crippen molar-refractivity contribution in [2.75, 3.05) is 52.0 Å². The van der Waals surface area contributed by atoms with Crippen molar-refractivity contribution in [2.24, 2.45) is 0 Å². The first-order chi connectivity index (χ1) is 14.6. The maximum atomic E-state index is 5.36. The van der Waals surface area contributed by atoms with E-state index in [2.05, 4.69) is 44.6 Å². The molecule has 8 nitrogen and oxygen atoms in total. The van der Waals surface area contributed by atoms with Gasteiger partial charge >= 0.3 is 0 Å². The molecule has 0 spiro atoms. The molecule has 0 saturated heterocycles. The van der Waals surface area contributed by atoms with Gasteiger partial charge in [-0.3, -0.25) is 4.98 Å². The smallest absolute Gasteiger partial charge is 0.225 e. The molecule has 2 aromatic heterocycles. The molecule has 0 unspecified atom stereocenters. The van der Waals surface area contributed by atoms with E-state index >= 15 is 0 Å². The number of nitrogens with zero attached hydrogens (tertiary/aromatic N) is 4. The van der Waals surface area contributed by atoms with Crippen LogP contribution in [-0.2, 0) is 0 Å². The largest absolute Gasteiger partial charge is 0.497 e. The highest BCUT2D eigenvalue weighted by Crippen LogP contribution is 2.29. The lowest BCUT2D eigenvalue weighted by Gasteiger charge is -2.14. The lowest BCUT2D eigenvalue weighted by atomic mass is 10.2. The summed E-state index contributed by atoms with van der Waals surface area (Å²) in [6, 6.07) is 11.4. The summed E-state index contributed by atoms with van der Waals surface area (Å²) in [5, 5.41) is 6.67. The Bertz CT molecular complexity index is 927. The van der Waals surface area contributed by atoms with Gasteiger partial charge in [0.1, 0.15) is 17.3 Å². The molecule has 0 aliphatic carbocycles. The zero-order valence-corrected chi connectivity index (χ0v) is 17.8. The number of hydrogen-bond donors (Lipinski definition) is 2. The molecular formula is C22H28N6O2. The van der Waals surface area contributed by atoms with Gasteiger partial charge in [0.2, 0.25) is 5.95 Å². The lowest BCUT2D eigenvalue weighted by Crippen LogP contribution is -2.17. The zero-order valence-electron chi connectivity index (χ0n) is 17.8. The molecule has 8 heteroatoms. The van der Waals surface area contributed by atoms with Crippen molar-refractivity contribution in [3.63, 3.8) is 0 Å². The minimum absolute atomic E-state index is 0.570. The van der Waals surface area contributed by atoms with E-state index in [1.165, 1.54) is 0 Å². The number of aromatic nitrogens is 3. The molecule has 1 aromatic carbocycles. The molecule has 0 bridgehead atoms. The maximum absolute atomic E-state index is 5.36. The molecule has 2 heterocycles. The predicted molar refractivity (Wildman–Crippen MR) is 120 cm³/mol. The maximum Gasteiger partial charge on any atom is 0.225 e. The van der Waals surface area contributed by atoms with Crippen molar-refractivity contribution in [3.8, 4) is 22.8 Å². The van der Waals surface area contributed by atoms with Gasteiger partial charge in [-0.2, -0.15) is 4.98 Å². The van der Waals surface area contributed by atoms with Crippen LogP contribution in [0.15, 0.2) is 48.8 Å². The van der Waals surface area contributed by atoms with Gasteiger partial charge in [0.05, 0.1) is 19.9 Å². The summed E-state index contributed by atoms with van der Waals surface area (Å²) < 4.78 is 10.7. The van der Waals surface area contributed by atoms with E-state index in [9.17, 15) is 0 Å². The molecule has 0 aliphatic heterocycles. The number of methoxy groups -OCH3 is 2. The fourth-order valence-electron chi connectivity index (χ4n) is 2.88. The normalized spacial score (nSPS) is 10.7. The highest BCUT2D eigenvalue weighted by atomic mass is 16.5. The molecule has 3 rings (SSSR count). The third-order valence-corrected chi connectivity index (χ3v) is 4.39. The summed E-state index contributed by atoms with van der Waals surface area (Å²) in [4.78, 5) is 15.6. The van der Waals surface area contributed by atoms with Gasteiger partial charge in [-0.25, -0.2) is 4.98 Å². The van der Waals surface area contributed by atoms with E-state index in [0.29, 0.717) is 23.3 Å². The second kappa shape index (κ2) is 10.4. The van der Waals surface area contributed by atoms with E-state index in [1.54, 1.807) is 26.6 Å². The van der Waals surface area contributed by atoms with E-state index in [4.69, 9.17) is 9.47 Å². The quantitative estimate of drug-likeness (QED) is 0.492. The van der Waals surface area contributed by atoms with Crippen LogP contribution < -0.4 is 20.1 Å². The second-order valence-corrected chi connectivity index (χ2v) is 7.01. The molecule has 0 saturated carbocycles. The molecule has 158 valence electrons. The van der Waals surface area contributed by atoms with Crippen molar-refractivity contribution in [2.45, 2.75) is 6.42 Å². The molecular weight excluding hydrogens is 380 g/mol. The third-order valence-electron chi connectivity index (χ3n) is 4.39. The monoisotopic (exact) mass is 408 g/mol. The fraction of sp³-hybridized carbons (Fsp3) is 0.318. The number of rotatable bonds is 10. The first-order valence-electron chi connectivity index (χ1n) is 9.75. The molecule has 0 amide bonds. The Balaban J connectivity index is 1.88. The van der Waals surface area contributed by atoms with Crippen LogP contribution in [-0.4, -0.2) is 61.3 Å². The van der Waals surface area contributed by atoms with E-state index < -0.39 is 0 Å². The average molecular weight is 409 g/mol. The summed E-state index contributed by atoms with van der Waals surface area (Å²) in [6.45, 7) is 1.77. The molecule has 30 heavy (non-hydrogen) atoms. The minimum Gasteiger partial charge on any atom is -0.497 e. The van der Waals surface area contributed by atoms with E-state index in [-0.39, 0.29) is 0 Å². The van der Waals surface area contributed by atoms with Crippen LogP contribution in [0.25, 0.3) is 11.3 Å². The molecule has 0 aliphatic rings. The van der Waals surface area contributed by atoms with Gasteiger partial charge in [-0.1, -0.05) is 0 Å².